The van der Waals surface area contributed by atoms with E-state index in [1.54, 1.807) is 13.0 Å². The van der Waals surface area contributed by atoms with Crippen LogP contribution in [-0.2, 0) is 14.3 Å². The average Bonchev–Trinajstić information content (AvgIpc) is 3.30. The third-order valence-electron chi connectivity index (χ3n) is 5.71. The fourth-order valence-corrected chi connectivity index (χ4v) is 5.27. The smallest absolute Gasteiger partial charge is 0.356 e. The van der Waals surface area contributed by atoms with E-state index < -0.39 is 18.1 Å². The Bertz CT molecular complexity index is 1190. The highest BCUT2D eigenvalue weighted by molar-refractivity contribution is 8.00. The maximum Gasteiger partial charge on any atom is 0.356 e. The van der Waals surface area contributed by atoms with Crippen molar-refractivity contribution in [2.75, 3.05) is 12.4 Å². The van der Waals surface area contributed by atoms with Crippen molar-refractivity contribution in [1.29, 1.82) is 0 Å². The van der Waals surface area contributed by atoms with Crippen LogP contribution >= 0.6 is 24.2 Å². The number of nitrogens with two attached hydrogens (primary N) is 1. The summed E-state index contributed by atoms with van der Waals surface area (Å²) < 4.78 is 16.8. The van der Waals surface area contributed by atoms with Crippen LogP contribution in [0.5, 0.6) is 5.88 Å². The Hall–Kier alpha value is -3.27. The molecule has 182 valence electrons. The van der Waals surface area contributed by atoms with Crippen LogP contribution < -0.4 is 10.5 Å². The van der Waals surface area contributed by atoms with E-state index in [0.717, 1.165) is 11.1 Å². The van der Waals surface area contributed by atoms with Crippen molar-refractivity contribution < 1.29 is 23.6 Å². The predicted molar refractivity (Wildman–Crippen MR) is 133 cm³/mol. The number of aryl methyl sites for hydroxylation is 1. The second kappa shape index (κ2) is 10.6. The number of amides is 1. The molecule has 1 saturated heterocycles. The summed E-state index contributed by atoms with van der Waals surface area (Å²) >= 11 is 1.50. The molecule has 5 rings (SSSR count). The van der Waals surface area contributed by atoms with Gasteiger partial charge in [0.05, 0.1) is 0 Å². The Morgan fingerprint density at radius 3 is 2.37 bits per heavy atom. The Morgan fingerprint density at radius 2 is 1.80 bits per heavy atom. The molecule has 3 aromatic rings. The van der Waals surface area contributed by atoms with E-state index in [1.165, 1.54) is 16.7 Å². The van der Waals surface area contributed by atoms with E-state index in [2.05, 4.69) is 5.16 Å². The fourth-order valence-electron chi connectivity index (χ4n) is 4.00. The molecule has 2 aromatic carbocycles. The maximum atomic E-state index is 13.6. The minimum Gasteiger partial charge on any atom is -0.471 e. The Balaban J connectivity index is 0.00000289. The molecule has 1 unspecified atom stereocenters. The molecule has 35 heavy (non-hydrogen) atoms. The van der Waals surface area contributed by atoms with Gasteiger partial charge in [-0.2, -0.15) is 0 Å². The van der Waals surface area contributed by atoms with Crippen LogP contribution in [0, 0.1) is 6.92 Å². The van der Waals surface area contributed by atoms with Gasteiger partial charge in [-0.1, -0.05) is 60.7 Å². The highest BCUT2D eigenvalue weighted by atomic mass is 35.5. The first-order valence-corrected chi connectivity index (χ1v) is 11.9. The standard InChI is InChI=1S/C25H23N3O5S.ClH/c1-15-12-19(27-33-15)31-13-18-14-34-24-20(26)23(29)28(24)21(18)25(30)32-22(16-8-4-2-5-9-16)17-10-6-3-7-11-17;/h2-12,20,22,24H,13-14,26H2,1H3;1H/t20?,24-;/m1./s1. The van der Waals surface area contributed by atoms with Crippen molar-refractivity contribution in [3.63, 3.8) is 0 Å². The first-order valence-electron chi connectivity index (χ1n) is 10.8. The highest BCUT2D eigenvalue weighted by Gasteiger charge is 2.52. The van der Waals surface area contributed by atoms with Gasteiger partial charge in [-0.05, 0) is 23.2 Å². The summed E-state index contributed by atoms with van der Waals surface area (Å²) in [6.45, 7) is 1.83. The van der Waals surface area contributed by atoms with E-state index in [1.807, 2.05) is 60.7 Å². The van der Waals surface area contributed by atoms with Crippen LogP contribution in [0.1, 0.15) is 23.0 Å². The van der Waals surface area contributed by atoms with Crippen molar-refractivity contribution in [2.24, 2.45) is 5.73 Å². The number of carbonyl (C=O) groups excluding carboxylic acids is 2. The number of hydrogen-bond donors (Lipinski definition) is 1. The number of nitrogens with zero attached hydrogens (tertiary/aromatic N) is 2. The lowest BCUT2D eigenvalue weighted by Gasteiger charge is -2.48. The SMILES string of the molecule is Cc1cc(OCC2=C(C(=O)OC(c3ccccc3)c3ccccc3)N3C(=O)C(N)[C@H]3SC2)no1.Cl. The summed E-state index contributed by atoms with van der Waals surface area (Å²) in [4.78, 5) is 27.7. The van der Waals surface area contributed by atoms with E-state index >= 15 is 0 Å². The molecule has 0 aliphatic carbocycles. The molecule has 2 aliphatic heterocycles. The lowest BCUT2D eigenvalue weighted by atomic mass is 10.0. The van der Waals surface area contributed by atoms with Gasteiger partial charge in [0.2, 0.25) is 5.91 Å². The maximum absolute atomic E-state index is 13.6. The number of halogens is 1. The molecule has 3 heterocycles. The van der Waals surface area contributed by atoms with Crippen LogP contribution in [0.15, 0.2) is 82.5 Å². The third-order valence-corrected chi connectivity index (χ3v) is 7.07. The number of thioether (sulfide) groups is 1. The molecule has 0 radical (unpaired) electrons. The zero-order valence-electron chi connectivity index (χ0n) is 18.8. The molecule has 2 atom stereocenters. The number of hydrogen-bond acceptors (Lipinski definition) is 8. The van der Waals surface area contributed by atoms with Gasteiger partial charge in [0.1, 0.15) is 29.5 Å². The molecule has 0 saturated carbocycles. The first-order chi connectivity index (χ1) is 16.5. The van der Waals surface area contributed by atoms with Gasteiger partial charge < -0.3 is 19.7 Å². The highest BCUT2D eigenvalue weighted by Crippen LogP contribution is 2.41. The van der Waals surface area contributed by atoms with E-state index in [-0.39, 0.29) is 36.0 Å². The largest absolute Gasteiger partial charge is 0.471 e. The fraction of sp³-hybridized carbons (Fsp3) is 0.240. The number of esters is 1. The van der Waals surface area contributed by atoms with Gasteiger partial charge in [-0.15, -0.1) is 24.2 Å². The van der Waals surface area contributed by atoms with Crippen LogP contribution in [0.3, 0.4) is 0 Å². The lowest BCUT2D eigenvalue weighted by molar-refractivity contribution is -0.153. The van der Waals surface area contributed by atoms with Gasteiger partial charge >= 0.3 is 5.97 Å². The molecule has 0 spiro atoms. The Labute approximate surface area is 212 Å². The summed E-state index contributed by atoms with van der Waals surface area (Å²) in [7, 11) is 0. The number of aromatic nitrogens is 1. The molecular formula is C25H24ClN3O5S. The van der Waals surface area contributed by atoms with Crippen LogP contribution in [0.4, 0.5) is 0 Å². The van der Waals surface area contributed by atoms with E-state index in [4.69, 9.17) is 19.7 Å². The van der Waals surface area contributed by atoms with Crippen molar-refractivity contribution in [1.82, 2.24) is 10.1 Å². The van der Waals surface area contributed by atoms with Gasteiger partial charge in [-0.3, -0.25) is 9.69 Å². The van der Waals surface area contributed by atoms with Gasteiger partial charge in [0.25, 0.3) is 5.88 Å². The normalized spacial score (nSPS) is 19.1. The number of ether oxygens (including phenoxy) is 2. The molecule has 10 heteroatoms. The summed E-state index contributed by atoms with van der Waals surface area (Å²) in [5, 5.41) is 3.52. The average molecular weight is 514 g/mol. The Kier molecular flexibility index (Phi) is 7.49. The second-order valence-corrected chi connectivity index (χ2v) is 9.16. The summed E-state index contributed by atoms with van der Waals surface area (Å²) in [5.41, 5.74) is 8.47. The van der Waals surface area contributed by atoms with Crippen molar-refractivity contribution >= 4 is 36.0 Å². The van der Waals surface area contributed by atoms with Crippen LogP contribution in [0.25, 0.3) is 0 Å². The van der Waals surface area contributed by atoms with Gasteiger partial charge in [0, 0.05) is 17.4 Å². The quantitative estimate of drug-likeness (QED) is 0.377. The molecular weight excluding hydrogens is 490 g/mol. The van der Waals surface area contributed by atoms with Crippen LogP contribution in [0.2, 0.25) is 0 Å². The van der Waals surface area contributed by atoms with Crippen molar-refractivity contribution in [2.45, 2.75) is 24.4 Å². The lowest BCUT2D eigenvalue weighted by Crippen LogP contribution is -2.68. The molecule has 0 bridgehead atoms. The first kappa shape index (κ1) is 24.8. The number of carbonyl (C=O) groups is 2. The molecule has 1 aromatic heterocycles. The number of fused-ring (bicyclic) bond motifs is 1. The zero-order valence-corrected chi connectivity index (χ0v) is 20.5. The number of rotatable bonds is 7. The van der Waals surface area contributed by atoms with Gasteiger partial charge in [0.15, 0.2) is 6.10 Å². The summed E-state index contributed by atoms with van der Waals surface area (Å²) in [6, 6.07) is 20.0. The topological polar surface area (TPSA) is 108 Å². The Morgan fingerprint density at radius 1 is 1.17 bits per heavy atom. The molecule has 2 aliphatic rings. The molecule has 2 N–H and O–H groups in total. The molecule has 1 fully saturated rings. The second-order valence-electron chi connectivity index (χ2n) is 8.06. The molecule has 1 amide bonds. The van der Waals surface area contributed by atoms with Crippen molar-refractivity contribution in [3.8, 4) is 5.88 Å². The van der Waals surface area contributed by atoms with Gasteiger partial charge in [-0.25, -0.2) is 4.79 Å². The van der Waals surface area contributed by atoms with Crippen molar-refractivity contribution in [3.05, 3.63) is 94.9 Å². The summed E-state index contributed by atoms with van der Waals surface area (Å²) in [6.07, 6.45) is -0.638. The van der Waals surface area contributed by atoms with E-state index in [9.17, 15) is 9.59 Å². The zero-order chi connectivity index (χ0) is 23.7. The number of benzene rings is 2. The predicted octanol–water partition coefficient (Wildman–Crippen LogP) is 3.61. The van der Waals surface area contributed by atoms with E-state index in [0.29, 0.717) is 23.0 Å². The number of β-lactam (4-membered cyclic amide) rings is 1. The van der Waals surface area contributed by atoms with Crippen LogP contribution in [-0.4, -0.2) is 45.7 Å². The minimum absolute atomic E-state index is 0. The monoisotopic (exact) mass is 513 g/mol. The minimum atomic E-state index is -0.646. The molecule has 8 nitrogen and oxygen atoms in total. The third kappa shape index (κ3) is 4.93. The summed E-state index contributed by atoms with van der Waals surface area (Å²) in [5.74, 6) is 0.486.